The summed E-state index contributed by atoms with van der Waals surface area (Å²) in [5.41, 5.74) is 4.54. The van der Waals surface area contributed by atoms with Gasteiger partial charge in [-0.3, -0.25) is 4.79 Å². The van der Waals surface area contributed by atoms with Crippen molar-refractivity contribution in [1.29, 1.82) is 0 Å². The Morgan fingerprint density at radius 2 is 1.82 bits per heavy atom. The van der Waals surface area contributed by atoms with Gasteiger partial charge >= 0.3 is 5.97 Å². The number of allylic oxidation sites excluding steroid dienone is 3. The molecule has 0 unspecified atom stereocenters. The minimum absolute atomic E-state index is 0.0249. The highest BCUT2D eigenvalue weighted by Crippen LogP contribution is 2.46. The van der Waals surface area contributed by atoms with Gasteiger partial charge in [-0.05, 0) is 68.5 Å². The summed E-state index contributed by atoms with van der Waals surface area (Å²) in [6.07, 6.45) is 0.777. The zero-order valence-electron chi connectivity index (χ0n) is 19.3. The number of carbonyl (C=O) groups is 2. The van der Waals surface area contributed by atoms with E-state index in [1.165, 1.54) is 0 Å². The second kappa shape index (κ2) is 9.44. The first-order valence-electron chi connectivity index (χ1n) is 11.1. The van der Waals surface area contributed by atoms with Crippen molar-refractivity contribution in [2.75, 3.05) is 7.11 Å². The minimum Gasteiger partial charge on any atom is -0.497 e. The molecule has 6 heteroatoms. The lowest BCUT2D eigenvalue weighted by atomic mass is 9.71. The number of dihydropyridines is 1. The highest BCUT2D eigenvalue weighted by Gasteiger charge is 2.41. The molecule has 4 rings (SSSR count). The number of Topliss-reactive ketones (excluding diaryl/α,β-unsaturated/α-hetero) is 1. The van der Waals surface area contributed by atoms with Gasteiger partial charge in [0, 0.05) is 34.3 Å². The smallest absolute Gasteiger partial charge is 0.337 e. The van der Waals surface area contributed by atoms with Gasteiger partial charge in [0.1, 0.15) is 5.75 Å². The van der Waals surface area contributed by atoms with Crippen LogP contribution in [0, 0.1) is 0 Å². The number of carbonyl (C=O) groups excluding carboxylic acids is 2. The van der Waals surface area contributed by atoms with Gasteiger partial charge in [-0.25, -0.2) is 4.79 Å². The summed E-state index contributed by atoms with van der Waals surface area (Å²) in [5.74, 6) is -0.0830. The fourth-order valence-electron chi connectivity index (χ4n) is 4.72. The first-order chi connectivity index (χ1) is 15.8. The molecule has 0 bridgehead atoms. The zero-order valence-corrected chi connectivity index (χ0v) is 20.0. The van der Waals surface area contributed by atoms with E-state index in [2.05, 4.69) is 5.32 Å². The second-order valence-corrected chi connectivity index (χ2v) is 9.24. The van der Waals surface area contributed by atoms with Gasteiger partial charge < -0.3 is 14.8 Å². The molecule has 5 nitrogen and oxygen atoms in total. The monoisotopic (exact) mass is 465 g/mol. The minimum atomic E-state index is -0.518. The van der Waals surface area contributed by atoms with Gasteiger partial charge in [0.15, 0.2) is 5.78 Å². The van der Waals surface area contributed by atoms with E-state index >= 15 is 0 Å². The molecule has 2 aromatic rings. The summed E-state index contributed by atoms with van der Waals surface area (Å²) in [7, 11) is 1.63. The Morgan fingerprint density at radius 3 is 2.45 bits per heavy atom. The number of ketones is 1. The fraction of sp³-hybridized carbons (Fsp3) is 0.333. The summed E-state index contributed by atoms with van der Waals surface area (Å²) in [6, 6.07) is 15.2. The second-order valence-electron chi connectivity index (χ2n) is 8.80. The molecule has 0 spiro atoms. The van der Waals surface area contributed by atoms with Crippen molar-refractivity contribution in [1.82, 2.24) is 5.32 Å². The molecule has 0 amide bonds. The Balaban J connectivity index is 1.77. The van der Waals surface area contributed by atoms with E-state index in [0.717, 1.165) is 22.6 Å². The molecule has 0 saturated heterocycles. The Kier molecular flexibility index (Phi) is 6.61. The average molecular weight is 466 g/mol. The molecule has 2 aromatic carbocycles. The third-order valence-corrected chi connectivity index (χ3v) is 6.39. The van der Waals surface area contributed by atoms with Crippen LogP contribution < -0.4 is 10.1 Å². The van der Waals surface area contributed by atoms with Crippen LogP contribution in [0.3, 0.4) is 0 Å². The molecular weight excluding hydrogens is 438 g/mol. The number of methoxy groups -OCH3 is 1. The van der Waals surface area contributed by atoms with E-state index in [9.17, 15) is 9.59 Å². The number of esters is 1. The summed E-state index contributed by atoms with van der Waals surface area (Å²) in [5, 5.41) is 3.93. The van der Waals surface area contributed by atoms with Crippen LogP contribution in [0.25, 0.3) is 0 Å². The standard InChI is InChI=1S/C27H28ClNO4/c1-15(2)33-27(31)24-16(3)29-22-13-19(17-8-10-21(32-4)11-9-17)14-23(30)26(22)25(24)18-6-5-7-20(28)12-18/h5-12,15,19,25,29H,13-14H2,1-4H3/t19-,25-/m0/s1. The summed E-state index contributed by atoms with van der Waals surface area (Å²) < 4.78 is 10.8. The van der Waals surface area contributed by atoms with E-state index in [4.69, 9.17) is 21.1 Å². The largest absolute Gasteiger partial charge is 0.497 e. The van der Waals surface area contributed by atoms with Gasteiger partial charge in [0.2, 0.25) is 0 Å². The van der Waals surface area contributed by atoms with Gasteiger partial charge in [-0.1, -0.05) is 35.9 Å². The normalized spacial score (nSPS) is 20.5. The zero-order chi connectivity index (χ0) is 23.7. The number of hydrogen-bond acceptors (Lipinski definition) is 5. The lowest BCUT2D eigenvalue weighted by Gasteiger charge is -2.37. The first-order valence-corrected chi connectivity index (χ1v) is 11.5. The van der Waals surface area contributed by atoms with Crippen molar-refractivity contribution >= 4 is 23.4 Å². The van der Waals surface area contributed by atoms with Crippen LogP contribution >= 0.6 is 11.6 Å². The third kappa shape index (κ3) is 4.69. The van der Waals surface area contributed by atoms with Crippen LogP contribution in [0.4, 0.5) is 0 Å². The highest BCUT2D eigenvalue weighted by atomic mass is 35.5. The van der Waals surface area contributed by atoms with E-state index in [-0.39, 0.29) is 17.8 Å². The fourth-order valence-corrected chi connectivity index (χ4v) is 4.92. The van der Waals surface area contributed by atoms with E-state index in [1.54, 1.807) is 13.2 Å². The lowest BCUT2D eigenvalue weighted by Crippen LogP contribution is -2.36. The summed E-state index contributed by atoms with van der Waals surface area (Å²) in [4.78, 5) is 26.7. The number of ether oxygens (including phenoxy) is 2. The Hall–Kier alpha value is -3.05. The molecule has 2 atom stereocenters. The lowest BCUT2D eigenvalue weighted by molar-refractivity contribution is -0.143. The molecule has 0 aromatic heterocycles. The average Bonchev–Trinajstić information content (AvgIpc) is 2.77. The molecule has 1 heterocycles. The maximum atomic E-state index is 13.6. The number of nitrogens with one attached hydrogen (secondary N) is 1. The van der Waals surface area contributed by atoms with Crippen LogP contribution in [0.1, 0.15) is 56.6 Å². The maximum Gasteiger partial charge on any atom is 0.337 e. The van der Waals surface area contributed by atoms with Crippen LogP contribution in [0.2, 0.25) is 5.02 Å². The van der Waals surface area contributed by atoms with Gasteiger partial charge in [-0.15, -0.1) is 0 Å². The molecule has 0 saturated carbocycles. The molecule has 1 aliphatic heterocycles. The predicted molar refractivity (Wildman–Crippen MR) is 128 cm³/mol. The predicted octanol–water partition coefficient (Wildman–Crippen LogP) is 5.66. The van der Waals surface area contributed by atoms with Gasteiger partial charge in [-0.2, -0.15) is 0 Å². The van der Waals surface area contributed by atoms with Crippen LogP contribution in [0.15, 0.2) is 71.1 Å². The van der Waals surface area contributed by atoms with Crippen molar-refractivity contribution in [3.8, 4) is 5.75 Å². The van der Waals surface area contributed by atoms with Crippen molar-refractivity contribution in [3.63, 3.8) is 0 Å². The van der Waals surface area contributed by atoms with Crippen molar-refractivity contribution in [3.05, 3.63) is 87.2 Å². The van der Waals surface area contributed by atoms with E-state index < -0.39 is 11.9 Å². The summed E-state index contributed by atoms with van der Waals surface area (Å²) in [6.45, 7) is 5.49. The molecule has 0 fully saturated rings. The number of rotatable bonds is 5. The number of halogens is 1. The number of benzene rings is 2. The molecular formula is C27H28ClNO4. The van der Waals surface area contributed by atoms with Crippen molar-refractivity contribution in [2.45, 2.75) is 51.6 Å². The topological polar surface area (TPSA) is 64.6 Å². The quantitative estimate of drug-likeness (QED) is 0.577. The van der Waals surface area contributed by atoms with E-state index in [0.29, 0.717) is 34.7 Å². The van der Waals surface area contributed by atoms with Crippen LogP contribution in [-0.2, 0) is 14.3 Å². The SMILES string of the molecule is COc1ccc([C@@H]2CC(=O)C3=C(C2)NC(C)=C(C(=O)OC(C)C)[C@@H]3c2cccc(Cl)c2)cc1. The number of hydrogen-bond donors (Lipinski definition) is 1. The third-order valence-electron chi connectivity index (χ3n) is 6.16. The Labute approximate surface area is 199 Å². The van der Waals surface area contributed by atoms with Gasteiger partial charge in [0.05, 0.1) is 18.8 Å². The van der Waals surface area contributed by atoms with Crippen LogP contribution in [-0.4, -0.2) is 25.0 Å². The first kappa shape index (κ1) is 23.1. The molecule has 2 aliphatic rings. The van der Waals surface area contributed by atoms with Crippen LogP contribution in [0.5, 0.6) is 5.75 Å². The van der Waals surface area contributed by atoms with Gasteiger partial charge in [0.25, 0.3) is 0 Å². The van der Waals surface area contributed by atoms with E-state index in [1.807, 2.05) is 63.2 Å². The Bertz CT molecular complexity index is 1150. The van der Waals surface area contributed by atoms with Crippen molar-refractivity contribution < 1.29 is 19.1 Å². The molecule has 172 valence electrons. The molecule has 0 radical (unpaired) electrons. The maximum absolute atomic E-state index is 13.6. The summed E-state index contributed by atoms with van der Waals surface area (Å²) >= 11 is 6.29. The highest BCUT2D eigenvalue weighted by molar-refractivity contribution is 6.30. The van der Waals surface area contributed by atoms with Crippen molar-refractivity contribution in [2.24, 2.45) is 0 Å². The molecule has 1 aliphatic carbocycles. The molecule has 33 heavy (non-hydrogen) atoms. The molecule has 1 N–H and O–H groups in total. The Morgan fingerprint density at radius 1 is 1.09 bits per heavy atom.